The highest BCUT2D eigenvalue weighted by Crippen LogP contribution is 2.28. The second-order valence-corrected chi connectivity index (χ2v) is 6.79. The standard InChI is InChI=1S/C15H14BrClN2OS/c1-9-6-11(3-4-12(9)16)19-15(20)8-21-14-5-2-10(17)7-13(14)18/h2-7H,8,18H2,1H3,(H,19,20). The molecule has 0 aliphatic rings. The van der Waals surface area contributed by atoms with Gasteiger partial charge >= 0.3 is 0 Å². The van der Waals surface area contributed by atoms with Crippen molar-refractivity contribution >= 4 is 56.6 Å². The zero-order valence-corrected chi connectivity index (χ0v) is 14.5. The molecule has 6 heteroatoms. The second-order valence-electron chi connectivity index (χ2n) is 4.48. The van der Waals surface area contributed by atoms with Crippen LogP contribution in [0.4, 0.5) is 11.4 Å². The van der Waals surface area contributed by atoms with Crippen molar-refractivity contribution in [3.05, 3.63) is 51.5 Å². The third-order valence-corrected chi connectivity index (χ3v) is 4.99. The lowest BCUT2D eigenvalue weighted by Gasteiger charge is -2.08. The molecule has 2 aromatic rings. The third kappa shape index (κ3) is 4.66. The number of nitrogens with one attached hydrogen (secondary N) is 1. The Hall–Kier alpha value is -1.17. The van der Waals surface area contributed by atoms with Gasteiger partial charge in [0.15, 0.2) is 0 Å². The molecule has 0 radical (unpaired) electrons. The summed E-state index contributed by atoms with van der Waals surface area (Å²) in [4.78, 5) is 12.8. The Labute approximate surface area is 141 Å². The third-order valence-electron chi connectivity index (χ3n) is 2.77. The van der Waals surface area contributed by atoms with Gasteiger partial charge < -0.3 is 11.1 Å². The molecule has 0 fully saturated rings. The van der Waals surface area contributed by atoms with Crippen molar-refractivity contribution in [1.29, 1.82) is 0 Å². The van der Waals surface area contributed by atoms with Crippen molar-refractivity contribution in [1.82, 2.24) is 0 Å². The van der Waals surface area contributed by atoms with E-state index in [4.69, 9.17) is 17.3 Å². The lowest BCUT2D eigenvalue weighted by Crippen LogP contribution is -2.14. The van der Waals surface area contributed by atoms with Gasteiger partial charge in [-0.15, -0.1) is 11.8 Å². The van der Waals surface area contributed by atoms with Gasteiger partial charge in [-0.1, -0.05) is 27.5 Å². The van der Waals surface area contributed by atoms with Gasteiger partial charge in [0.05, 0.1) is 5.75 Å². The molecule has 3 N–H and O–H groups in total. The first-order chi connectivity index (χ1) is 9.95. The smallest absolute Gasteiger partial charge is 0.234 e. The number of aryl methyl sites for hydroxylation is 1. The van der Waals surface area contributed by atoms with Crippen LogP contribution in [0.15, 0.2) is 45.8 Å². The predicted molar refractivity (Wildman–Crippen MR) is 94.1 cm³/mol. The first kappa shape index (κ1) is 16.2. The first-order valence-corrected chi connectivity index (χ1v) is 8.35. The van der Waals surface area contributed by atoms with Crippen molar-refractivity contribution < 1.29 is 4.79 Å². The Bertz CT molecular complexity index is 679. The fraction of sp³-hybridized carbons (Fsp3) is 0.133. The minimum absolute atomic E-state index is 0.0731. The summed E-state index contributed by atoms with van der Waals surface area (Å²) in [5.74, 6) is 0.220. The molecule has 0 saturated heterocycles. The number of anilines is 2. The average molecular weight is 386 g/mol. The molecule has 0 aliphatic carbocycles. The first-order valence-electron chi connectivity index (χ1n) is 6.19. The zero-order valence-electron chi connectivity index (χ0n) is 11.3. The molecule has 110 valence electrons. The SMILES string of the molecule is Cc1cc(NC(=O)CSc2ccc(Cl)cc2N)ccc1Br. The number of hydrogen-bond donors (Lipinski definition) is 2. The van der Waals surface area contributed by atoms with Gasteiger partial charge in [-0.2, -0.15) is 0 Å². The van der Waals surface area contributed by atoms with E-state index in [0.717, 1.165) is 20.6 Å². The Morgan fingerprint density at radius 1 is 1.33 bits per heavy atom. The maximum absolute atomic E-state index is 11.9. The lowest BCUT2D eigenvalue weighted by molar-refractivity contribution is -0.113. The van der Waals surface area contributed by atoms with E-state index in [9.17, 15) is 4.79 Å². The van der Waals surface area contributed by atoms with E-state index >= 15 is 0 Å². The summed E-state index contributed by atoms with van der Waals surface area (Å²) >= 11 is 10.7. The van der Waals surface area contributed by atoms with E-state index in [1.54, 1.807) is 12.1 Å². The predicted octanol–water partition coefficient (Wildman–Crippen LogP) is 4.72. The maximum Gasteiger partial charge on any atom is 0.234 e. The molecule has 1 amide bonds. The van der Waals surface area contributed by atoms with Gasteiger partial charge in [-0.3, -0.25) is 4.79 Å². The number of halogens is 2. The van der Waals surface area contributed by atoms with Crippen LogP contribution in [0.25, 0.3) is 0 Å². The van der Waals surface area contributed by atoms with Gasteiger partial charge in [0.2, 0.25) is 5.91 Å². The van der Waals surface area contributed by atoms with E-state index in [0.29, 0.717) is 16.5 Å². The summed E-state index contributed by atoms with van der Waals surface area (Å²) in [7, 11) is 0. The molecule has 0 atom stereocenters. The van der Waals surface area contributed by atoms with Gasteiger partial charge in [0, 0.05) is 25.8 Å². The van der Waals surface area contributed by atoms with Crippen molar-refractivity contribution in [3.63, 3.8) is 0 Å². The number of hydrogen-bond acceptors (Lipinski definition) is 3. The van der Waals surface area contributed by atoms with Crippen LogP contribution in [0, 0.1) is 6.92 Å². The fourth-order valence-electron chi connectivity index (χ4n) is 1.71. The molecule has 3 nitrogen and oxygen atoms in total. The molecule has 0 unspecified atom stereocenters. The van der Waals surface area contributed by atoms with Gasteiger partial charge in [-0.25, -0.2) is 0 Å². The number of amides is 1. The summed E-state index contributed by atoms with van der Waals surface area (Å²) in [5.41, 5.74) is 8.29. The Kier molecular flexibility index (Phi) is 5.56. The number of rotatable bonds is 4. The van der Waals surface area contributed by atoms with Crippen LogP contribution < -0.4 is 11.1 Å². The largest absolute Gasteiger partial charge is 0.398 e. The molecule has 0 aromatic heterocycles. The van der Waals surface area contributed by atoms with E-state index in [1.165, 1.54) is 11.8 Å². The quantitative estimate of drug-likeness (QED) is 0.591. The molecule has 21 heavy (non-hydrogen) atoms. The van der Waals surface area contributed by atoms with E-state index < -0.39 is 0 Å². The van der Waals surface area contributed by atoms with Crippen LogP contribution in [0.2, 0.25) is 5.02 Å². The van der Waals surface area contributed by atoms with E-state index in [1.807, 2.05) is 31.2 Å². The number of carbonyl (C=O) groups excluding carboxylic acids is 1. The average Bonchev–Trinajstić information content (AvgIpc) is 2.42. The molecule has 0 bridgehead atoms. The highest BCUT2D eigenvalue weighted by atomic mass is 79.9. The highest BCUT2D eigenvalue weighted by Gasteiger charge is 2.07. The molecule has 0 spiro atoms. The molecule has 2 aromatic carbocycles. The zero-order chi connectivity index (χ0) is 15.4. The van der Waals surface area contributed by atoms with E-state index in [2.05, 4.69) is 21.2 Å². The molecule has 0 aliphatic heterocycles. The highest BCUT2D eigenvalue weighted by molar-refractivity contribution is 9.10. The molecule has 0 heterocycles. The molecular formula is C15H14BrClN2OS. The van der Waals surface area contributed by atoms with Crippen molar-refractivity contribution in [3.8, 4) is 0 Å². The normalized spacial score (nSPS) is 10.4. The Balaban J connectivity index is 1.94. The summed E-state index contributed by atoms with van der Waals surface area (Å²) in [6.07, 6.45) is 0. The molecule has 2 rings (SSSR count). The van der Waals surface area contributed by atoms with Gasteiger partial charge in [-0.05, 0) is 48.9 Å². The van der Waals surface area contributed by atoms with Crippen LogP contribution in [-0.4, -0.2) is 11.7 Å². The van der Waals surface area contributed by atoms with Crippen molar-refractivity contribution in [2.75, 3.05) is 16.8 Å². The number of carbonyl (C=O) groups is 1. The number of thioether (sulfide) groups is 1. The lowest BCUT2D eigenvalue weighted by atomic mass is 10.2. The van der Waals surface area contributed by atoms with Gasteiger partial charge in [0.25, 0.3) is 0 Å². The minimum Gasteiger partial charge on any atom is -0.398 e. The molecular weight excluding hydrogens is 372 g/mol. The van der Waals surface area contributed by atoms with Crippen LogP contribution in [0.1, 0.15) is 5.56 Å². The maximum atomic E-state index is 11.9. The number of benzene rings is 2. The number of nitrogen functional groups attached to an aromatic ring is 1. The monoisotopic (exact) mass is 384 g/mol. The summed E-state index contributed by atoms with van der Waals surface area (Å²) in [6, 6.07) is 10.9. The van der Waals surface area contributed by atoms with Crippen molar-refractivity contribution in [2.24, 2.45) is 0 Å². The van der Waals surface area contributed by atoms with Crippen LogP contribution in [0.3, 0.4) is 0 Å². The second kappa shape index (κ2) is 7.20. The summed E-state index contributed by atoms with van der Waals surface area (Å²) in [6.45, 7) is 1.98. The summed E-state index contributed by atoms with van der Waals surface area (Å²) < 4.78 is 1.02. The fourth-order valence-corrected chi connectivity index (χ4v) is 2.89. The molecule has 0 saturated carbocycles. The van der Waals surface area contributed by atoms with Crippen LogP contribution >= 0.6 is 39.3 Å². The van der Waals surface area contributed by atoms with Crippen LogP contribution in [0.5, 0.6) is 0 Å². The Morgan fingerprint density at radius 2 is 2.10 bits per heavy atom. The summed E-state index contributed by atoms with van der Waals surface area (Å²) in [5, 5.41) is 3.45. The Morgan fingerprint density at radius 3 is 2.76 bits per heavy atom. The minimum atomic E-state index is -0.0731. The topological polar surface area (TPSA) is 55.1 Å². The van der Waals surface area contributed by atoms with Crippen molar-refractivity contribution in [2.45, 2.75) is 11.8 Å². The van der Waals surface area contributed by atoms with E-state index in [-0.39, 0.29) is 5.91 Å². The van der Waals surface area contributed by atoms with Crippen LogP contribution in [-0.2, 0) is 4.79 Å². The number of nitrogens with two attached hydrogens (primary N) is 1. The van der Waals surface area contributed by atoms with Gasteiger partial charge in [0.1, 0.15) is 0 Å².